The Hall–Kier alpha value is -1.53. The molecule has 1 heterocycles. The van der Waals surface area contributed by atoms with E-state index < -0.39 is 0 Å². The van der Waals surface area contributed by atoms with Crippen molar-refractivity contribution in [3.63, 3.8) is 0 Å². The fourth-order valence-corrected chi connectivity index (χ4v) is 3.04. The molecular weight excluding hydrogens is 272 g/mol. The molecule has 0 aliphatic heterocycles. The second kappa shape index (κ2) is 6.76. The SMILES string of the molecule is CCCn1c(SCC(N)c2ccccc2C)n[nH]c1=O. The summed E-state index contributed by atoms with van der Waals surface area (Å²) >= 11 is 1.52. The van der Waals surface area contributed by atoms with Gasteiger partial charge in [-0.1, -0.05) is 43.0 Å². The number of hydrogen-bond acceptors (Lipinski definition) is 4. The van der Waals surface area contributed by atoms with E-state index in [4.69, 9.17) is 5.73 Å². The second-order valence-corrected chi connectivity index (χ2v) is 5.72. The van der Waals surface area contributed by atoms with Crippen LogP contribution >= 0.6 is 11.8 Å². The Balaban J connectivity index is 2.06. The quantitative estimate of drug-likeness (QED) is 0.799. The van der Waals surface area contributed by atoms with E-state index in [0.717, 1.165) is 12.0 Å². The van der Waals surface area contributed by atoms with Crippen LogP contribution in [0.25, 0.3) is 0 Å². The Morgan fingerprint density at radius 3 is 2.90 bits per heavy atom. The molecule has 0 radical (unpaired) electrons. The van der Waals surface area contributed by atoms with E-state index in [9.17, 15) is 4.79 Å². The van der Waals surface area contributed by atoms with Crippen molar-refractivity contribution in [2.45, 2.75) is 38.0 Å². The number of hydrogen-bond donors (Lipinski definition) is 2. The minimum Gasteiger partial charge on any atom is -0.323 e. The molecule has 0 aliphatic carbocycles. The Kier molecular flexibility index (Phi) is 5.03. The third kappa shape index (κ3) is 3.32. The first-order chi connectivity index (χ1) is 9.63. The number of H-pyrrole nitrogens is 1. The number of rotatable bonds is 6. The van der Waals surface area contributed by atoms with Gasteiger partial charge in [0, 0.05) is 18.3 Å². The highest BCUT2D eigenvalue weighted by atomic mass is 32.2. The number of aromatic amines is 1. The molecule has 6 heteroatoms. The summed E-state index contributed by atoms with van der Waals surface area (Å²) in [4.78, 5) is 11.6. The van der Waals surface area contributed by atoms with Crippen LogP contribution in [0.4, 0.5) is 0 Å². The summed E-state index contributed by atoms with van der Waals surface area (Å²) in [6.07, 6.45) is 0.900. The molecule has 1 aromatic heterocycles. The molecule has 5 nitrogen and oxygen atoms in total. The first kappa shape index (κ1) is 14.9. The maximum atomic E-state index is 11.6. The lowest BCUT2D eigenvalue weighted by atomic mass is 10.0. The van der Waals surface area contributed by atoms with Crippen molar-refractivity contribution in [3.8, 4) is 0 Å². The van der Waals surface area contributed by atoms with Crippen molar-refractivity contribution < 1.29 is 0 Å². The Bertz CT molecular complexity index is 620. The van der Waals surface area contributed by atoms with E-state index in [1.165, 1.54) is 17.3 Å². The monoisotopic (exact) mass is 292 g/mol. The van der Waals surface area contributed by atoms with E-state index in [0.29, 0.717) is 17.5 Å². The number of thioether (sulfide) groups is 1. The minimum atomic E-state index is -0.154. The first-order valence-corrected chi connectivity index (χ1v) is 7.71. The number of benzene rings is 1. The highest BCUT2D eigenvalue weighted by molar-refractivity contribution is 7.99. The Labute approximate surface area is 122 Å². The number of aromatic nitrogens is 3. The zero-order valence-electron chi connectivity index (χ0n) is 11.8. The molecule has 20 heavy (non-hydrogen) atoms. The van der Waals surface area contributed by atoms with Gasteiger partial charge in [-0.25, -0.2) is 9.89 Å². The molecule has 0 bridgehead atoms. The average Bonchev–Trinajstić information content (AvgIpc) is 2.78. The van der Waals surface area contributed by atoms with Crippen LogP contribution < -0.4 is 11.4 Å². The number of aryl methyl sites for hydroxylation is 1. The van der Waals surface area contributed by atoms with Gasteiger partial charge < -0.3 is 5.73 Å². The van der Waals surface area contributed by atoms with Crippen LogP contribution in [0.3, 0.4) is 0 Å². The lowest BCUT2D eigenvalue weighted by molar-refractivity contribution is 0.603. The van der Waals surface area contributed by atoms with Crippen LogP contribution in [0, 0.1) is 6.92 Å². The van der Waals surface area contributed by atoms with Crippen molar-refractivity contribution in [3.05, 3.63) is 45.9 Å². The highest BCUT2D eigenvalue weighted by Crippen LogP contribution is 2.23. The summed E-state index contributed by atoms with van der Waals surface area (Å²) in [5.74, 6) is 0.693. The molecule has 2 rings (SSSR count). The molecule has 1 aromatic carbocycles. The molecule has 108 valence electrons. The topological polar surface area (TPSA) is 76.7 Å². The largest absolute Gasteiger partial charge is 0.343 e. The van der Waals surface area contributed by atoms with Gasteiger partial charge in [-0.15, -0.1) is 5.10 Å². The number of nitrogens with one attached hydrogen (secondary N) is 1. The van der Waals surface area contributed by atoms with Crippen LogP contribution in [0.5, 0.6) is 0 Å². The summed E-state index contributed by atoms with van der Waals surface area (Å²) in [5, 5.41) is 7.26. The van der Waals surface area contributed by atoms with Crippen LogP contribution in [0.1, 0.15) is 30.5 Å². The first-order valence-electron chi connectivity index (χ1n) is 6.72. The molecule has 0 aliphatic rings. The standard InChI is InChI=1S/C14H20N4OS/c1-3-8-18-13(19)16-17-14(18)20-9-12(15)11-7-5-4-6-10(11)2/h4-7,12H,3,8-9,15H2,1-2H3,(H,16,19). The molecule has 0 amide bonds. The number of nitrogens with two attached hydrogens (primary N) is 1. The molecule has 0 fully saturated rings. The van der Waals surface area contributed by atoms with Crippen LogP contribution in [-0.2, 0) is 6.54 Å². The molecular formula is C14H20N4OS. The highest BCUT2D eigenvalue weighted by Gasteiger charge is 2.13. The zero-order chi connectivity index (χ0) is 14.5. The molecule has 3 N–H and O–H groups in total. The van der Waals surface area contributed by atoms with E-state index >= 15 is 0 Å². The summed E-state index contributed by atoms with van der Waals surface area (Å²) in [7, 11) is 0. The summed E-state index contributed by atoms with van der Waals surface area (Å²) < 4.78 is 1.66. The molecule has 1 atom stereocenters. The maximum Gasteiger partial charge on any atom is 0.343 e. The third-order valence-electron chi connectivity index (χ3n) is 3.15. The van der Waals surface area contributed by atoms with Gasteiger partial charge in [-0.3, -0.25) is 4.57 Å². The third-order valence-corrected chi connectivity index (χ3v) is 4.25. The van der Waals surface area contributed by atoms with Crippen LogP contribution in [0.15, 0.2) is 34.2 Å². The van der Waals surface area contributed by atoms with E-state index in [-0.39, 0.29) is 11.7 Å². The molecule has 0 saturated carbocycles. The van der Waals surface area contributed by atoms with Gasteiger partial charge in [-0.05, 0) is 24.5 Å². The molecule has 1 unspecified atom stereocenters. The molecule has 0 spiro atoms. The maximum absolute atomic E-state index is 11.6. The van der Waals surface area contributed by atoms with Gasteiger partial charge in [0.1, 0.15) is 0 Å². The predicted octanol–water partition coefficient (Wildman–Crippen LogP) is 2.08. The van der Waals surface area contributed by atoms with Gasteiger partial charge in [0.05, 0.1) is 0 Å². The van der Waals surface area contributed by atoms with Crippen LogP contribution in [-0.4, -0.2) is 20.5 Å². The van der Waals surface area contributed by atoms with Gasteiger partial charge in [0.15, 0.2) is 5.16 Å². The van der Waals surface area contributed by atoms with Crippen molar-refractivity contribution in [2.24, 2.45) is 5.73 Å². The zero-order valence-corrected chi connectivity index (χ0v) is 12.6. The van der Waals surface area contributed by atoms with Crippen molar-refractivity contribution in [2.75, 3.05) is 5.75 Å². The van der Waals surface area contributed by atoms with Crippen LogP contribution in [0.2, 0.25) is 0 Å². The van der Waals surface area contributed by atoms with Gasteiger partial charge >= 0.3 is 5.69 Å². The minimum absolute atomic E-state index is 0.0666. The fraction of sp³-hybridized carbons (Fsp3) is 0.429. The van der Waals surface area contributed by atoms with E-state index in [1.807, 2.05) is 25.1 Å². The molecule has 0 saturated heterocycles. The lowest BCUT2D eigenvalue weighted by Crippen LogP contribution is -2.18. The summed E-state index contributed by atoms with van der Waals surface area (Å²) in [5.41, 5.74) is 8.40. The Morgan fingerprint density at radius 1 is 1.45 bits per heavy atom. The van der Waals surface area contributed by atoms with Gasteiger partial charge in [0.2, 0.25) is 0 Å². The van der Waals surface area contributed by atoms with E-state index in [2.05, 4.69) is 23.2 Å². The second-order valence-electron chi connectivity index (χ2n) is 4.74. The number of nitrogens with zero attached hydrogens (tertiary/aromatic N) is 2. The Morgan fingerprint density at radius 2 is 2.20 bits per heavy atom. The fourth-order valence-electron chi connectivity index (χ4n) is 2.09. The average molecular weight is 292 g/mol. The van der Waals surface area contributed by atoms with Gasteiger partial charge in [-0.2, -0.15) is 0 Å². The van der Waals surface area contributed by atoms with Crippen molar-refractivity contribution in [1.82, 2.24) is 14.8 Å². The molecule has 2 aromatic rings. The lowest BCUT2D eigenvalue weighted by Gasteiger charge is -2.14. The normalized spacial score (nSPS) is 12.6. The van der Waals surface area contributed by atoms with Crippen molar-refractivity contribution in [1.29, 1.82) is 0 Å². The summed E-state index contributed by atoms with van der Waals surface area (Å²) in [6.45, 7) is 4.77. The summed E-state index contributed by atoms with van der Waals surface area (Å²) in [6, 6.07) is 8.04. The smallest absolute Gasteiger partial charge is 0.323 e. The van der Waals surface area contributed by atoms with Crippen molar-refractivity contribution >= 4 is 11.8 Å². The van der Waals surface area contributed by atoms with E-state index in [1.54, 1.807) is 4.57 Å². The predicted molar refractivity (Wildman–Crippen MR) is 82.0 cm³/mol. The van der Waals surface area contributed by atoms with Gasteiger partial charge in [0.25, 0.3) is 0 Å².